The number of aromatic nitrogens is 1. The van der Waals surface area contributed by atoms with E-state index in [-0.39, 0.29) is 0 Å². The normalized spacial score (nSPS) is 10.6. The molecule has 100 valence electrons. The van der Waals surface area contributed by atoms with E-state index in [0.29, 0.717) is 11.8 Å². The summed E-state index contributed by atoms with van der Waals surface area (Å²) in [6, 6.07) is 7.77. The summed E-state index contributed by atoms with van der Waals surface area (Å²) < 4.78 is 6.91. The first-order valence-corrected chi connectivity index (χ1v) is 7.31. The molecule has 0 saturated carbocycles. The van der Waals surface area contributed by atoms with Gasteiger partial charge in [-0.1, -0.05) is 22.0 Å². The summed E-state index contributed by atoms with van der Waals surface area (Å²) in [6.45, 7) is 6.01. The highest BCUT2D eigenvalue weighted by atomic mass is 79.9. The first kappa shape index (κ1) is 14.4. The largest absolute Gasteiger partial charge is 0.439 e. The van der Waals surface area contributed by atoms with Crippen LogP contribution in [0.3, 0.4) is 0 Å². The van der Waals surface area contributed by atoms with Crippen LogP contribution in [0.2, 0.25) is 0 Å². The van der Waals surface area contributed by atoms with E-state index < -0.39 is 0 Å². The van der Waals surface area contributed by atoms with E-state index in [2.05, 4.69) is 20.9 Å². The second-order valence-corrected chi connectivity index (χ2v) is 5.56. The van der Waals surface area contributed by atoms with Gasteiger partial charge in [0.15, 0.2) is 0 Å². The first-order valence-electron chi connectivity index (χ1n) is 5.98. The number of hydrogen-bond acceptors (Lipinski definition) is 2. The van der Waals surface area contributed by atoms with Gasteiger partial charge in [0.25, 0.3) is 0 Å². The Kier molecular flexibility index (Phi) is 4.48. The minimum Gasteiger partial charge on any atom is -0.439 e. The van der Waals surface area contributed by atoms with Gasteiger partial charge in [0.1, 0.15) is 5.75 Å². The molecule has 0 spiro atoms. The second kappa shape index (κ2) is 5.93. The van der Waals surface area contributed by atoms with Crippen LogP contribution in [0.4, 0.5) is 0 Å². The standard InChI is InChI=1S/C15H15BrClNO/c1-9-6-13(7-10(2)15(9)16)19-14-5-4-12(8-17)11(3)18-14/h4-7H,8H2,1-3H3. The number of ether oxygens (including phenoxy) is 1. The number of aryl methyl sites for hydroxylation is 3. The van der Waals surface area contributed by atoms with E-state index >= 15 is 0 Å². The van der Waals surface area contributed by atoms with Gasteiger partial charge in [-0.2, -0.15) is 0 Å². The highest BCUT2D eigenvalue weighted by Gasteiger charge is 2.06. The lowest BCUT2D eigenvalue weighted by atomic mass is 10.1. The Labute approximate surface area is 126 Å². The zero-order valence-corrected chi connectivity index (χ0v) is 13.5. The van der Waals surface area contributed by atoms with Crippen LogP contribution in [0.25, 0.3) is 0 Å². The van der Waals surface area contributed by atoms with E-state index in [4.69, 9.17) is 16.3 Å². The minimum atomic E-state index is 0.468. The minimum absolute atomic E-state index is 0.468. The van der Waals surface area contributed by atoms with Crippen molar-refractivity contribution in [1.29, 1.82) is 0 Å². The van der Waals surface area contributed by atoms with Crippen LogP contribution in [0.15, 0.2) is 28.7 Å². The van der Waals surface area contributed by atoms with Crippen LogP contribution < -0.4 is 4.74 Å². The van der Waals surface area contributed by atoms with Crippen molar-refractivity contribution in [1.82, 2.24) is 4.98 Å². The molecule has 2 aromatic rings. The Morgan fingerprint density at radius 1 is 1.16 bits per heavy atom. The maximum absolute atomic E-state index is 5.82. The molecule has 19 heavy (non-hydrogen) atoms. The number of benzene rings is 1. The van der Waals surface area contributed by atoms with Gasteiger partial charge in [-0.3, -0.25) is 0 Å². The molecule has 0 fully saturated rings. The lowest BCUT2D eigenvalue weighted by Gasteiger charge is -2.10. The van der Waals surface area contributed by atoms with Gasteiger partial charge in [0.2, 0.25) is 5.88 Å². The van der Waals surface area contributed by atoms with Gasteiger partial charge in [-0.15, -0.1) is 11.6 Å². The average Bonchev–Trinajstić information content (AvgIpc) is 2.36. The highest BCUT2D eigenvalue weighted by Crippen LogP contribution is 2.29. The molecule has 0 radical (unpaired) electrons. The molecule has 0 N–H and O–H groups in total. The van der Waals surface area contributed by atoms with Gasteiger partial charge < -0.3 is 4.74 Å². The molecule has 0 aliphatic rings. The molecule has 0 unspecified atom stereocenters. The molecule has 1 aromatic heterocycles. The molecule has 2 rings (SSSR count). The Bertz CT molecular complexity index is 590. The van der Waals surface area contributed by atoms with Crippen LogP contribution in [-0.2, 0) is 5.88 Å². The van der Waals surface area contributed by atoms with Gasteiger partial charge in [0.05, 0.1) is 0 Å². The fourth-order valence-electron chi connectivity index (χ4n) is 1.85. The van der Waals surface area contributed by atoms with Crippen molar-refractivity contribution >= 4 is 27.5 Å². The quantitative estimate of drug-likeness (QED) is 0.707. The summed E-state index contributed by atoms with van der Waals surface area (Å²) in [7, 11) is 0. The molecule has 0 atom stereocenters. The maximum atomic E-state index is 5.82. The topological polar surface area (TPSA) is 22.1 Å². The van der Waals surface area contributed by atoms with E-state index in [9.17, 15) is 0 Å². The van der Waals surface area contributed by atoms with Crippen molar-refractivity contribution in [3.8, 4) is 11.6 Å². The SMILES string of the molecule is Cc1cc(Oc2ccc(CCl)c(C)n2)cc(C)c1Br. The van der Waals surface area contributed by atoms with Gasteiger partial charge >= 0.3 is 0 Å². The van der Waals surface area contributed by atoms with E-state index in [1.54, 1.807) is 0 Å². The molecule has 4 heteroatoms. The maximum Gasteiger partial charge on any atom is 0.219 e. The molecule has 0 aliphatic heterocycles. The summed E-state index contributed by atoms with van der Waals surface area (Å²) in [4.78, 5) is 4.40. The number of alkyl halides is 1. The number of halogens is 2. The van der Waals surface area contributed by atoms with Crippen LogP contribution in [0, 0.1) is 20.8 Å². The summed E-state index contributed by atoms with van der Waals surface area (Å²) >= 11 is 9.36. The molecule has 1 heterocycles. The smallest absolute Gasteiger partial charge is 0.219 e. The summed E-state index contributed by atoms with van der Waals surface area (Å²) in [6.07, 6.45) is 0. The molecule has 0 bridgehead atoms. The van der Waals surface area contributed by atoms with Crippen LogP contribution in [0.1, 0.15) is 22.4 Å². The molecule has 0 aliphatic carbocycles. The second-order valence-electron chi connectivity index (χ2n) is 4.50. The lowest BCUT2D eigenvalue weighted by Crippen LogP contribution is -1.94. The molecule has 0 saturated heterocycles. The van der Waals surface area contributed by atoms with Gasteiger partial charge in [0, 0.05) is 22.1 Å². The number of rotatable bonds is 3. The third kappa shape index (κ3) is 3.28. The van der Waals surface area contributed by atoms with Gasteiger partial charge in [-0.05, 0) is 49.6 Å². The van der Waals surface area contributed by atoms with Crippen LogP contribution >= 0.6 is 27.5 Å². The highest BCUT2D eigenvalue weighted by molar-refractivity contribution is 9.10. The van der Waals surface area contributed by atoms with Crippen LogP contribution in [0.5, 0.6) is 11.6 Å². The molecule has 0 amide bonds. The predicted molar refractivity (Wildman–Crippen MR) is 82.2 cm³/mol. The van der Waals surface area contributed by atoms with Crippen LogP contribution in [-0.4, -0.2) is 4.98 Å². The summed E-state index contributed by atoms with van der Waals surface area (Å²) in [5.41, 5.74) is 4.21. The fraction of sp³-hybridized carbons (Fsp3) is 0.267. The lowest BCUT2D eigenvalue weighted by molar-refractivity contribution is 0.460. The van der Waals surface area contributed by atoms with Crippen molar-refractivity contribution in [2.24, 2.45) is 0 Å². The van der Waals surface area contributed by atoms with Gasteiger partial charge in [-0.25, -0.2) is 4.98 Å². The number of hydrogen-bond donors (Lipinski definition) is 0. The molecular formula is C15H15BrClNO. The number of nitrogens with zero attached hydrogens (tertiary/aromatic N) is 1. The summed E-state index contributed by atoms with van der Waals surface area (Å²) in [5.74, 6) is 1.85. The Morgan fingerprint density at radius 3 is 2.32 bits per heavy atom. The Hall–Kier alpha value is -1.06. The zero-order valence-electron chi connectivity index (χ0n) is 11.1. The Morgan fingerprint density at radius 2 is 1.79 bits per heavy atom. The zero-order chi connectivity index (χ0) is 14.0. The average molecular weight is 341 g/mol. The Balaban J connectivity index is 2.29. The molecular weight excluding hydrogens is 326 g/mol. The van der Waals surface area contributed by atoms with E-state index in [0.717, 1.165) is 32.6 Å². The van der Waals surface area contributed by atoms with Crippen molar-refractivity contribution in [3.05, 3.63) is 51.1 Å². The third-order valence-corrected chi connectivity index (χ3v) is 4.48. The first-order chi connectivity index (χ1) is 9.01. The predicted octanol–water partition coefficient (Wildman–Crippen LogP) is 5.30. The summed E-state index contributed by atoms with van der Waals surface area (Å²) in [5, 5.41) is 0. The van der Waals surface area contributed by atoms with E-state index in [1.165, 1.54) is 0 Å². The van der Waals surface area contributed by atoms with Crippen molar-refractivity contribution in [2.45, 2.75) is 26.7 Å². The monoisotopic (exact) mass is 339 g/mol. The third-order valence-electron chi connectivity index (χ3n) is 2.95. The fourth-order valence-corrected chi connectivity index (χ4v) is 2.36. The molecule has 1 aromatic carbocycles. The van der Waals surface area contributed by atoms with Crippen molar-refractivity contribution in [3.63, 3.8) is 0 Å². The van der Waals surface area contributed by atoms with Crippen molar-refractivity contribution in [2.75, 3.05) is 0 Å². The van der Waals surface area contributed by atoms with Crippen molar-refractivity contribution < 1.29 is 4.74 Å². The molecule has 2 nitrogen and oxygen atoms in total. The van der Waals surface area contributed by atoms with E-state index in [1.807, 2.05) is 45.0 Å². The number of pyridine rings is 1.